The number of aromatic nitrogens is 1. The van der Waals surface area contributed by atoms with Gasteiger partial charge in [0.2, 0.25) is 5.88 Å². The fourth-order valence-electron chi connectivity index (χ4n) is 2.47. The molecular weight excluding hydrogens is 283 g/mol. The van der Waals surface area contributed by atoms with E-state index in [0.717, 1.165) is 18.0 Å². The van der Waals surface area contributed by atoms with Crippen molar-refractivity contribution >= 4 is 12.1 Å². The van der Waals surface area contributed by atoms with Crippen LogP contribution in [-0.2, 0) is 4.79 Å². The summed E-state index contributed by atoms with van der Waals surface area (Å²) in [7, 11) is 1.33. The molecule has 1 fully saturated rings. The van der Waals surface area contributed by atoms with Gasteiger partial charge >= 0.3 is 12.1 Å². The molecule has 0 bridgehead atoms. The molecule has 1 atom stereocenters. The van der Waals surface area contributed by atoms with Crippen LogP contribution >= 0.6 is 0 Å². The second-order valence-corrected chi connectivity index (χ2v) is 4.59. The first kappa shape index (κ1) is 15.0. The molecule has 1 aromatic heterocycles. The van der Waals surface area contributed by atoms with Crippen LogP contribution < -0.4 is 9.47 Å². The molecular formula is C13H15FN2O5. The largest absolute Gasteiger partial charge is 0.481 e. The molecule has 0 aromatic carbocycles. The number of ether oxygens (including phenoxy) is 2. The lowest BCUT2D eigenvalue weighted by molar-refractivity contribution is -0.132. The Hall–Kier alpha value is -2.38. The minimum absolute atomic E-state index is 0.0470. The number of nitrogens with zero attached hydrogens (tertiary/aromatic N) is 2. The highest BCUT2D eigenvalue weighted by Crippen LogP contribution is 2.42. The van der Waals surface area contributed by atoms with Crippen LogP contribution in [0.25, 0.3) is 0 Å². The third kappa shape index (κ3) is 2.88. The van der Waals surface area contributed by atoms with Crippen molar-refractivity contribution in [3.05, 3.63) is 17.6 Å². The van der Waals surface area contributed by atoms with Crippen LogP contribution in [-0.4, -0.2) is 40.7 Å². The Morgan fingerprint density at radius 2 is 2.24 bits per heavy atom. The molecule has 1 N–H and O–H groups in total. The van der Waals surface area contributed by atoms with Gasteiger partial charge in [0, 0.05) is 13.5 Å². The molecule has 1 aliphatic heterocycles. The maximum atomic E-state index is 13.9. The molecule has 0 spiro atoms. The van der Waals surface area contributed by atoms with Crippen molar-refractivity contribution in [3.63, 3.8) is 0 Å². The Bertz CT molecular complexity index is 578. The zero-order valence-corrected chi connectivity index (χ0v) is 11.6. The number of carbonyl (C=O) groups is 2. The van der Waals surface area contributed by atoms with Crippen LogP contribution in [0.4, 0.5) is 9.18 Å². The Balaban J connectivity index is 2.56. The monoisotopic (exact) mass is 298 g/mol. The van der Waals surface area contributed by atoms with E-state index in [0.29, 0.717) is 19.4 Å². The fourth-order valence-corrected chi connectivity index (χ4v) is 2.47. The van der Waals surface area contributed by atoms with Crippen molar-refractivity contribution in [2.75, 3.05) is 13.7 Å². The van der Waals surface area contributed by atoms with Crippen molar-refractivity contribution in [2.24, 2.45) is 0 Å². The zero-order valence-electron chi connectivity index (χ0n) is 11.6. The lowest BCUT2D eigenvalue weighted by Crippen LogP contribution is -2.29. The normalized spacial score (nSPS) is 17.7. The van der Waals surface area contributed by atoms with Crippen LogP contribution in [0.2, 0.25) is 0 Å². The van der Waals surface area contributed by atoms with E-state index in [4.69, 9.17) is 9.47 Å². The van der Waals surface area contributed by atoms with E-state index in [9.17, 15) is 19.1 Å². The van der Waals surface area contributed by atoms with E-state index < -0.39 is 23.9 Å². The van der Waals surface area contributed by atoms with Crippen LogP contribution in [0.15, 0.2) is 6.20 Å². The van der Waals surface area contributed by atoms with E-state index in [1.165, 1.54) is 7.11 Å². The van der Waals surface area contributed by atoms with E-state index in [2.05, 4.69) is 4.98 Å². The van der Waals surface area contributed by atoms with Gasteiger partial charge in [-0.1, -0.05) is 0 Å². The summed E-state index contributed by atoms with van der Waals surface area (Å²) in [6, 6.07) is -0.657. The number of carbonyl (C=O) groups excluding carboxylic acids is 1. The van der Waals surface area contributed by atoms with Gasteiger partial charge in [0.15, 0.2) is 11.6 Å². The van der Waals surface area contributed by atoms with Gasteiger partial charge in [-0.2, -0.15) is 0 Å². The molecule has 1 aliphatic rings. The maximum Gasteiger partial charge on any atom is 0.407 e. The minimum Gasteiger partial charge on any atom is -0.481 e. The molecule has 1 amide bonds. The molecule has 114 valence electrons. The number of rotatable bonds is 3. The number of amides is 1. The lowest BCUT2D eigenvalue weighted by Gasteiger charge is -2.24. The molecule has 1 aromatic rings. The van der Waals surface area contributed by atoms with Gasteiger partial charge in [-0.05, 0) is 12.8 Å². The van der Waals surface area contributed by atoms with Crippen LogP contribution in [0.3, 0.4) is 0 Å². The van der Waals surface area contributed by atoms with Crippen LogP contribution in [0.5, 0.6) is 11.6 Å². The summed E-state index contributed by atoms with van der Waals surface area (Å²) in [4.78, 5) is 27.4. The summed E-state index contributed by atoms with van der Waals surface area (Å²) in [5, 5.41) is 9.21. The Kier molecular flexibility index (Phi) is 4.25. The summed E-state index contributed by atoms with van der Waals surface area (Å²) >= 11 is 0. The van der Waals surface area contributed by atoms with Crippen molar-refractivity contribution in [3.8, 4) is 11.6 Å². The third-order valence-electron chi connectivity index (χ3n) is 3.26. The second kappa shape index (κ2) is 5.94. The average Bonchev–Trinajstić information content (AvgIpc) is 2.89. The number of halogens is 1. The number of likely N-dealkylation sites (tertiary alicyclic amines) is 1. The average molecular weight is 298 g/mol. The van der Waals surface area contributed by atoms with E-state index >= 15 is 0 Å². The zero-order chi connectivity index (χ0) is 15.6. The molecule has 2 rings (SSSR count). The van der Waals surface area contributed by atoms with Gasteiger partial charge in [0.1, 0.15) is 0 Å². The summed E-state index contributed by atoms with van der Waals surface area (Å²) in [5.41, 5.74) is 0.146. The quantitative estimate of drug-likeness (QED) is 0.858. The summed E-state index contributed by atoms with van der Waals surface area (Å²) < 4.78 is 23.9. The van der Waals surface area contributed by atoms with Crippen LogP contribution in [0, 0.1) is 5.82 Å². The summed E-state index contributed by atoms with van der Waals surface area (Å²) in [5.74, 6) is -1.82. The number of esters is 1. The highest BCUT2D eigenvalue weighted by molar-refractivity contribution is 5.71. The Morgan fingerprint density at radius 1 is 1.52 bits per heavy atom. The van der Waals surface area contributed by atoms with Gasteiger partial charge in [-0.15, -0.1) is 0 Å². The predicted molar refractivity (Wildman–Crippen MR) is 68.8 cm³/mol. The van der Waals surface area contributed by atoms with Gasteiger partial charge in [0.25, 0.3) is 0 Å². The highest BCUT2D eigenvalue weighted by Gasteiger charge is 2.36. The molecule has 1 saturated heterocycles. The molecule has 8 heteroatoms. The van der Waals surface area contributed by atoms with Gasteiger partial charge in [-0.25, -0.2) is 14.2 Å². The molecule has 0 saturated carbocycles. The summed E-state index contributed by atoms with van der Waals surface area (Å²) in [6.07, 6.45) is 0.844. The number of carboxylic acid groups (broad SMARTS) is 1. The molecule has 0 aliphatic carbocycles. The number of hydrogen-bond acceptors (Lipinski definition) is 5. The number of pyridine rings is 1. The standard InChI is InChI=1S/C13H15FN2O5/c1-7(17)21-11-8(14)6-15-12(20-2)10(11)9-4-3-5-16(9)13(18)19/h6,9H,3-5H2,1-2H3,(H,18,19). The summed E-state index contributed by atoms with van der Waals surface area (Å²) in [6.45, 7) is 1.46. The number of methoxy groups -OCH3 is 1. The molecule has 1 unspecified atom stereocenters. The third-order valence-corrected chi connectivity index (χ3v) is 3.26. The topological polar surface area (TPSA) is 89.0 Å². The predicted octanol–water partition coefficient (Wildman–Crippen LogP) is 1.97. The van der Waals surface area contributed by atoms with Crippen molar-refractivity contribution in [1.29, 1.82) is 0 Å². The fraction of sp³-hybridized carbons (Fsp3) is 0.462. The van der Waals surface area contributed by atoms with Crippen molar-refractivity contribution < 1.29 is 28.6 Å². The maximum absolute atomic E-state index is 13.9. The highest BCUT2D eigenvalue weighted by atomic mass is 19.1. The Morgan fingerprint density at radius 3 is 2.81 bits per heavy atom. The van der Waals surface area contributed by atoms with Crippen molar-refractivity contribution in [1.82, 2.24) is 9.88 Å². The molecule has 0 radical (unpaired) electrons. The van der Waals surface area contributed by atoms with Gasteiger partial charge < -0.3 is 19.5 Å². The van der Waals surface area contributed by atoms with E-state index in [-0.39, 0.29) is 17.2 Å². The van der Waals surface area contributed by atoms with Crippen molar-refractivity contribution in [2.45, 2.75) is 25.8 Å². The first-order chi connectivity index (χ1) is 9.95. The van der Waals surface area contributed by atoms with Crippen LogP contribution in [0.1, 0.15) is 31.4 Å². The van der Waals surface area contributed by atoms with E-state index in [1.807, 2.05) is 0 Å². The molecule has 7 nitrogen and oxygen atoms in total. The Labute approximate surface area is 120 Å². The van der Waals surface area contributed by atoms with E-state index in [1.54, 1.807) is 0 Å². The minimum atomic E-state index is -1.13. The second-order valence-electron chi connectivity index (χ2n) is 4.59. The molecule has 2 heterocycles. The first-order valence-electron chi connectivity index (χ1n) is 6.36. The number of hydrogen-bond donors (Lipinski definition) is 1. The SMILES string of the molecule is COc1ncc(F)c(OC(C)=O)c1C1CCCN1C(=O)O. The first-order valence-corrected chi connectivity index (χ1v) is 6.36. The van der Waals surface area contributed by atoms with Gasteiger partial charge in [0.05, 0.1) is 24.9 Å². The molecule has 21 heavy (non-hydrogen) atoms. The van der Waals surface area contributed by atoms with Gasteiger partial charge in [-0.3, -0.25) is 4.79 Å². The smallest absolute Gasteiger partial charge is 0.407 e. The lowest BCUT2D eigenvalue weighted by atomic mass is 10.0.